The van der Waals surface area contributed by atoms with E-state index in [1.54, 1.807) is 0 Å². The van der Waals surface area contributed by atoms with Crippen molar-refractivity contribution in [3.8, 4) is 6.07 Å². The average molecular weight is 266 g/mol. The van der Waals surface area contributed by atoms with Crippen LogP contribution in [0.4, 0.5) is 0 Å². The van der Waals surface area contributed by atoms with Gasteiger partial charge in [-0.05, 0) is 73.8 Å². The molecule has 0 aromatic carbocycles. The van der Waals surface area contributed by atoms with E-state index in [0.29, 0.717) is 11.3 Å². The third-order valence-electron chi connectivity index (χ3n) is 6.37. The van der Waals surface area contributed by atoms with Crippen molar-refractivity contribution < 1.29 is 0 Å². The standard InChI is InChI=1S/C18H22N2/c1-12(17-16(11-19)3-2-4-20-17)18-8-13-5-14(9-18)7-15(6-13)10-18/h2-4,12-15H,5-10H2,1H3. The molecule has 1 atom stereocenters. The van der Waals surface area contributed by atoms with E-state index in [1.807, 2.05) is 18.3 Å². The van der Waals surface area contributed by atoms with Crippen molar-refractivity contribution in [2.24, 2.45) is 23.2 Å². The second-order valence-electron chi connectivity index (χ2n) is 7.55. The fourth-order valence-electron chi connectivity index (χ4n) is 5.86. The minimum atomic E-state index is 0.437. The predicted octanol–water partition coefficient (Wildman–Crippen LogP) is 4.27. The van der Waals surface area contributed by atoms with E-state index in [1.165, 1.54) is 38.5 Å². The highest BCUT2D eigenvalue weighted by Crippen LogP contribution is 2.64. The predicted molar refractivity (Wildman–Crippen MR) is 78.0 cm³/mol. The molecular weight excluding hydrogens is 244 g/mol. The Labute approximate surface area is 121 Å². The Balaban J connectivity index is 1.72. The molecule has 2 heteroatoms. The summed E-state index contributed by atoms with van der Waals surface area (Å²) < 4.78 is 0. The van der Waals surface area contributed by atoms with Crippen LogP contribution in [0.1, 0.15) is 62.6 Å². The van der Waals surface area contributed by atoms with Crippen LogP contribution in [0.3, 0.4) is 0 Å². The van der Waals surface area contributed by atoms with Gasteiger partial charge in [0.25, 0.3) is 0 Å². The summed E-state index contributed by atoms with van der Waals surface area (Å²) in [5.74, 6) is 3.31. The minimum Gasteiger partial charge on any atom is -0.260 e. The summed E-state index contributed by atoms with van der Waals surface area (Å²) in [6.07, 6.45) is 10.4. The molecule has 1 aromatic rings. The molecule has 4 fully saturated rings. The number of nitrogens with zero attached hydrogens (tertiary/aromatic N) is 2. The highest BCUT2D eigenvalue weighted by atomic mass is 14.7. The highest BCUT2D eigenvalue weighted by molar-refractivity contribution is 5.36. The second-order valence-corrected chi connectivity index (χ2v) is 7.55. The minimum absolute atomic E-state index is 0.437. The quantitative estimate of drug-likeness (QED) is 0.801. The first kappa shape index (κ1) is 12.4. The van der Waals surface area contributed by atoms with E-state index in [0.717, 1.165) is 29.0 Å². The van der Waals surface area contributed by atoms with E-state index < -0.39 is 0 Å². The Morgan fingerprint density at radius 3 is 2.35 bits per heavy atom. The van der Waals surface area contributed by atoms with Crippen LogP contribution in [0.2, 0.25) is 0 Å². The molecule has 2 nitrogen and oxygen atoms in total. The second kappa shape index (κ2) is 4.32. The Morgan fingerprint density at radius 2 is 1.80 bits per heavy atom. The van der Waals surface area contributed by atoms with Crippen molar-refractivity contribution in [3.63, 3.8) is 0 Å². The molecule has 1 aromatic heterocycles. The van der Waals surface area contributed by atoms with Gasteiger partial charge in [0.05, 0.1) is 11.3 Å². The molecule has 0 spiro atoms. The summed E-state index contributed by atoms with van der Waals surface area (Å²) in [5.41, 5.74) is 2.28. The lowest BCUT2D eigenvalue weighted by Gasteiger charge is -2.59. The van der Waals surface area contributed by atoms with Crippen molar-refractivity contribution in [1.29, 1.82) is 5.26 Å². The summed E-state index contributed by atoms with van der Waals surface area (Å²) in [6.45, 7) is 2.33. The maximum atomic E-state index is 9.36. The molecule has 104 valence electrons. The van der Waals surface area contributed by atoms with Crippen molar-refractivity contribution in [3.05, 3.63) is 29.6 Å². The van der Waals surface area contributed by atoms with Gasteiger partial charge in [-0.1, -0.05) is 6.92 Å². The number of hydrogen-bond donors (Lipinski definition) is 0. The fraction of sp³-hybridized carbons (Fsp3) is 0.667. The van der Waals surface area contributed by atoms with Crippen LogP contribution >= 0.6 is 0 Å². The Hall–Kier alpha value is -1.36. The molecule has 4 saturated carbocycles. The Morgan fingerprint density at radius 1 is 1.20 bits per heavy atom. The number of pyridine rings is 1. The summed E-state index contributed by atoms with van der Waals surface area (Å²) >= 11 is 0. The van der Waals surface area contributed by atoms with Gasteiger partial charge in [-0.25, -0.2) is 0 Å². The molecule has 1 unspecified atom stereocenters. The van der Waals surface area contributed by atoms with Gasteiger partial charge in [0.2, 0.25) is 0 Å². The largest absolute Gasteiger partial charge is 0.260 e. The smallest absolute Gasteiger partial charge is 0.101 e. The van der Waals surface area contributed by atoms with Crippen LogP contribution in [-0.2, 0) is 0 Å². The van der Waals surface area contributed by atoms with Crippen molar-refractivity contribution in [2.45, 2.75) is 51.4 Å². The SMILES string of the molecule is CC(c1ncccc1C#N)C12CC3CC(CC(C3)C1)C2. The van der Waals surface area contributed by atoms with Crippen LogP contribution < -0.4 is 0 Å². The molecule has 5 rings (SSSR count). The first-order valence-corrected chi connectivity index (χ1v) is 8.05. The third-order valence-corrected chi connectivity index (χ3v) is 6.37. The highest BCUT2D eigenvalue weighted by Gasteiger charge is 2.53. The number of rotatable bonds is 2. The van der Waals surface area contributed by atoms with Gasteiger partial charge in [-0.3, -0.25) is 4.98 Å². The topological polar surface area (TPSA) is 36.7 Å². The molecule has 0 radical (unpaired) electrons. The van der Waals surface area contributed by atoms with Gasteiger partial charge in [-0.15, -0.1) is 0 Å². The molecule has 4 aliphatic carbocycles. The van der Waals surface area contributed by atoms with E-state index in [-0.39, 0.29) is 0 Å². The zero-order valence-corrected chi connectivity index (χ0v) is 12.2. The monoisotopic (exact) mass is 266 g/mol. The van der Waals surface area contributed by atoms with Crippen molar-refractivity contribution in [2.75, 3.05) is 0 Å². The summed E-state index contributed by atoms with van der Waals surface area (Å²) in [6, 6.07) is 6.16. The van der Waals surface area contributed by atoms with Crippen molar-refractivity contribution >= 4 is 0 Å². The number of hydrogen-bond acceptors (Lipinski definition) is 2. The van der Waals surface area contributed by atoms with E-state index in [9.17, 15) is 5.26 Å². The summed E-state index contributed by atoms with van der Waals surface area (Å²) in [4.78, 5) is 4.58. The van der Waals surface area contributed by atoms with E-state index >= 15 is 0 Å². The van der Waals surface area contributed by atoms with Crippen LogP contribution in [0.15, 0.2) is 18.3 Å². The number of nitriles is 1. The molecule has 0 saturated heterocycles. The van der Waals surface area contributed by atoms with Gasteiger partial charge in [0.15, 0.2) is 0 Å². The molecule has 0 aliphatic heterocycles. The molecule has 4 bridgehead atoms. The lowest BCUT2D eigenvalue weighted by molar-refractivity contribution is -0.0662. The molecule has 0 N–H and O–H groups in total. The summed E-state index contributed by atoms with van der Waals surface area (Å²) in [7, 11) is 0. The van der Waals surface area contributed by atoms with Crippen LogP contribution in [-0.4, -0.2) is 4.98 Å². The van der Waals surface area contributed by atoms with Gasteiger partial charge in [0, 0.05) is 12.1 Å². The van der Waals surface area contributed by atoms with Gasteiger partial charge >= 0.3 is 0 Å². The van der Waals surface area contributed by atoms with Crippen LogP contribution in [0.5, 0.6) is 0 Å². The molecular formula is C18H22N2. The zero-order chi connectivity index (χ0) is 13.7. The third kappa shape index (κ3) is 1.72. The molecule has 4 aliphatic rings. The maximum absolute atomic E-state index is 9.36. The maximum Gasteiger partial charge on any atom is 0.101 e. The van der Waals surface area contributed by atoms with Gasteiger partial charge < -0.3 is 0 Å². The molecule has 0 amide bonds. The molecule has 20 heavy (non-hydrogen) atoms. The summed E-state index contributed by atoms with van der Waals surface area (Å²) in [5, 5.41) is 9.36. The Kier molecular flexibility index (Phi) is 2.67. The Bertz CT molecular complexity index is 534. The normalized spacial score (nSPS) is 39.5. The van der Waals surface area contributed by atoms with Gasteiger partial charge in [-0.2, -0.15) is 5.26 Å². The average Bonchev–Trinajstić information content (AvgIpc) is 2.45. The molecule has 1 heterocycles. The first-order chi connectivity index (χ1) is 9.70. The fourth-order valence-corrected chi connectivity index (χ4v) is 5.86. The van der Waals surface area contributed by atoms with Crippen LogP contribution in [0.25, 0.3) is 0 Å². The lowest BCUT2D eigenvalue weighted by atomic mass is 9.46. The van der Waals surface area contributed by atoms with E-state index in [4.69, 9.17) is 0 Å². The van der Waals surface area contributed by atoms with Crippen molar-refractivity contribution in [1.82, 2.24) is 4.98 Å². The van der Waals surface area contributed by atoms with Gasteiger partial charge in [0.1, 0.15) is 6.07 Å². The lowest BCUT2D eigenvalue weighted by Crippen LogP contribution is -2.48. The van der Waals surface area contributed by atoms with Crippen LogP contribution in [0, 0.1) is 34.5 Å². The number of aromatic nitrogens is 1. The van der Waals surface area contributed by atoms with E-state index in [2.05, 4.69) is 18.0 Å². The zero-order valence-electron chi connectivity index (χ0n) is 12.2. The first-order valence-electron chi connectivity index (χ1n) is 8.05.